The second-order valence-electron chi connectivity index (χ2n) is 14.5. The van der Waals surface area contributed by atoms with Crippen LogP contribution < -0.4 is 0 Å². The standard InChI is InChI=1S/C35H44F5N3O3/c1-32-21-28(22-4-6-23(7-5-22)31(45)43-18-16-42(17-19-43)15-14-41(2)3)30-26-11-9-25(44)20-24(26)8-10-27(30)29(32)12-13-33(32,46)34(36,37)35(38,39)40/h4-7,20,27-29,46H,8-19,21H2,1-3H3/t27-,28+,29-,32-,33-/m0/s1. The Hall–Kier alpha value is -2.63. The molecule has 0 aromatic heterocycles. The van der Waals surface area contributed by atoms with Crippen LogP contribution in [0.2, 0.25) is 0 Å². The molecule has 252 valence electrons. The SMILES string of the molecule is CN(C)CCN1CCN(C(=O)c2ccc([C@H]3C[C@@]4(C)[C@@H](CC[C@@]4(O)C(F)(F)C(F)(F)F)[C@@H]4CCC5=CC(=O)CCC5=C43)cc2)CC1. The minimum absolute atomic E-state index is 0.0384. The number of likely N-dealkylation sites (N-methyl/N-ethyl adjacent to an activating group) is 1. The second kappa shape index (κ2) is 11.8. The zero-order valence-corrected chi connectivity index (χ0v) is 26.8. The van der Waals surface area contributed by atoms with Crippen LogP contribution in [0.5, 0.6) is 0 Å². The van der Waals surface area contributed by atoms with Crippen molar-refractivity contribution in [1.82, 2.24) is 14.7 Å². The Morgan fingerprint density at radius 2 is 1.67 bits per heavy atom. The Balaban J connectivity index is 1.32. The van der Waals surface area contributed by atoms with Gasteiger partial charge in [-0.2, -0.15) is 22.0 Å². The zero-order chi connectivity index (χ0) is 33.2. The highest BCUT2D eigenvalue weighted by molar-refractivity contribution is 5.94. The number of carbonyl (C=O) groups is 2. The maximum Gasteiger partial charge on any atom is 0.456 e. The van der Waals surface area contributed by atoms with Gasteiger partial charge in [-0.1, -0.05) is 24.6 Å². The quantitative estimate of drug-likeness (QED) is 0.393. The highest BCUT2D eigenvalue weighted by Gasteiger charge is 2.79. The minimum atomic E-state index is -5.89. The highest BCUT2D eigenvalue weighted by atomic mass is 19.4. The first-order valence-corrected chi connectivity index (χ1v) is 16.5. The number of piperazine rings is 1. The molecule has 4 aliphatic carbocycles. The molecule has 2 saturated carbocycles. The number of carbonyl (C=O) groups excluding carboxylic acids is 2. The van der Waals surface area contributed by atoms with Crippen molar-refractivity contribution in [3.05, 3.63) is 58.2 Å². The van der Waals surface area contributed by atoms with Crippen molar-refractivity contribution >= 4 is 11.7 Å². The van der Waals surface area contributed by atoms with Gasteiger partial charge in [0.1, 0.15) is 5.60 Å². The fourth-order valence-electron chi connectivity index (χ4n) is 9.27. The van der Waals surface area contributed by atoms with Gasteiger partial charge in [0.15, 0.2) is 5.78 Å². The van der Waals surface area contributed by atoms with E-state index in [0.717, 1.165) is 48.5 Å². The lowest BCUT2D eigenvalue weighted by Gasteiger charge is -2.56. The number of fused-ring (bicyclic) bond motifs is 4. The summed E-state index contributed by atoms with van der Waals surface area (Å²) in [4.78, 5) is 32.0. The zero-order valence-electron chi connectivity index (χ0n) is 26.8. The summed E-state index contributed by atoms with van der Waals surface area (Å²) in [6, 6.07) is 7.03. The molecule has 6 rings (SSSR count). The molecule has 0 radical (unpaired) electrons. The van der Waals surface area contributed by atoms with E-state index in [2.05, 4.69) is 9.80 Å². The Morgan fingerprint density at radius 3 is 2.30 bits per heavy atom. The van der Waals surface area contributed by atoms with Gasteiger partial charge in [-0.05, 0) is 99.4 Å². The molecule has 0 unspecified atom stereocenters. The molecule has 0 spiro atoms. The van der Waals surface area contributed by atoms with Crippen molar-refractivity contribution in [3.8, 4) is 0 Å². The molecule has 1 aliphatic heterocycles. The number of ketones is 1. The summed E-state index contributed by atoms with van der Waals surface area (Å²) in [5.41, 5.74) is -0.777. The van der Waals surface area contributed by atoms with E-state index >= 15 is 8.78 Å². The van der Waals surface area contributed by atoms with Crippen LogP contribution in [-0.4, -0.2) is 103 Å². The minimum Gasteiger partial charge on any atom is -0.383 e. The molecule has 11 heteroatoms. The van der Waals surface area contributed by atoms with Crippen LogP contribution in [0.25, 0.3) is 0 Å². The molecule has 5 atom stereocenters. The number of alkyl halides is 5. The van der Waals surface area contributed by atoms with Crippen molar-refractivity contribution in [2.45, 2.75) is 75.5 Å². The average Bonchev–Trinajstić information content (AvgIpc) is 3.30. The maximum atomic E-state index is 15.2. The van der Waals surface area contributed by atoms with Gasteiger partial charge in [0, 0.05) is 62.6 Å². The fraction of sp³-hybridized carbons (Fsp3) is 0.657. The molecule has 3 fully saturated rings. The van der Waals surface area contributed by atoms with E-state index in [1.807, 2.05) is 19.0 Å². The average molecular weight is 650 g/mol. The molecular weight excluding hydrogens is 605 g/mol. The predicted octanol–water partition coefficient (Wildman–Crippen LogP) is 5.83. The molecule has 1 amide bonds. The molecule has 1 saturated heterocycles. The van der Waals surface area contributed by atoms with Gasteiger partial charge in [-0.15, -0.1) is 0 Å². The maximum absolute atomic E-state index is 15.2. The first kappa shape index (κ1) is 33.3. The molecule has 0 bridgehead atoms. The lowest BCUT2D eigenvalue weighted by Crippen LogP contribution is -2.65. The van der Waals surface area contributed by atoms with E-state index in [1.54, 1.807) is 30.3 Å². The van der Waals surface area contributed by atoms with E-state index in [4.69, 9.17) is 0 Å². The highest BCUT2D eigenvalue weighted by Crippen LogP contribution is 2.70. The van der Waals surface area contributed by atoms with Gasteiger partial charge in [-0.25, -0.2) is 0 Å². The number of rotatable bonds is 6. The van der Waals surface area contributed by atoms with Gasteiger partial charge in [0.2, 0.25) is 0 Å². The van der Waals surface area contributed by atoms with Gasteiger partial charge >= 0.3 is 12.1 Å². The van der Waals surface area contributed by atoms with Crippen molar-refractivity contribution in [1.29, 1.82) is 0 Å². The topological polar surface area (TPSA) is 64.1 Å². The van der Waals surface area contributed by atoms with Crippen LogP contribution in [0.15, 0.2) is 47.1 Å². The molecular formula is C35H44F5N3O3. The van der Waals surface area contributed by atoms with Crippen LogP contribution in [-0.2, 0) is 4.79 Å². The molecule has 46 heavy (non-hydrogen) atoms. The van der Waals surface area contributed by atoms with Crippen LogP contribution in [0.1, 0.15) is 73.7 Å². The molecule has 6 nitrogen and oxygen atoms in total. The Labute approximate surface area is 267 Å². The van der Waals surface area contributed by atoms with E-state index < -0.39 is 41.4 Å². The Bertz CT molecular complexity index is 1430. The summed E-state index contributed by atoms with van der Waals surface area (Å²) in [6.07, 6.45) is -2.95. The molecule has 1 aromatic carbocycles. The number of benzene rings is 1. The number of halogens is 5. The summed E-state index contributed by atoms with van der Waals surface area (Å²) in [7, 11) is 4.05. The summed E-state index contributed by atoms with van der Waals surface area (Å²) in [5, 5.41) is 11.5. The number of amides is 1. The molecule has 1 aromatic rings. The normalized spacial score (nSPS) is 32.3. The van der Waals surface area contributed by atoms with Crippen molar-refractivity contribution in [2.24, 2.45) is 17.3 Å². The molecule has 1 N–H and O–H groups in total. The second-order valence-corrected chi connectivity index (χ2v) is 14.5. The number of hydrogen-bond acceptors (Lipinski definition) is 5. The number of hydrogen-bond donors (Lipinski definition) is 1. The van der Waals surface area contributed by atoms with Gasteiger partial charge < -0.3 is 14.9 Å². The predicted molar refractivity (Wildman–Crippen MR) is 164 cm³/mol. The third-order valence-corrected chi connectivity index (χ3v) is 11.8. The first-order valence-electron chi connectivity index (χ1n) is 16.5. The monoisotopic (exact) mass is 649 g/mol. The van der Waals surface area contributed by atoms with E-state index in [1.165, 1.54) is 6.92 Å². The van der Waals surface area contributed by atoms with Crippen molar-refractivity contribution in [3.63, 3.8) is 0 Å². The lowest BCUT2D eigenvalue weighted by molar-refractivity contribution is -0.362. The molecule has 5 aliphatic rings. The summed E-state index contributed by atoms with van der Waals surface area (Å²) in [6.45, 7) is 6.06. The van der Waals surface area contributed by atoms with Crippen LogP contribution in [0, 0.1) is 17.3 Å². The van der Waals surface area contributed by atoms with Gasteiger partial charge in [0.05, 0.1) is 0 Å². The van der Waals surface area contributed by atoms with E-state index in [9.17, 15) is 27.9 Å². The van der Waals surface area contributed by atoms with Crippen molar-refractivity contribution in [2.75, 3.05) is 53.4 Å². The smallest absolute Gasteiger partial charge is 0.383 e. The largest absolute Gasteiger partial charge is 0.456 e. The van der Waals surface area contributed by atoms with Gasteiger partial charge in [0.25, 0.3) is 5.91 Å². The van der Waals surface area contributed by atoms with Crippen LogP contribution >= 0.6 is 0 Å². The Kier molecular flexibility index (Phi) is 8.54. The summed E-state index contributed by atoms with van der Waals surface area (Å²) >= 11 is 0. The van der Waals surface area contributed by atoms with Crippen LogP contribution in [0.3, 0.4) is 0 Å². The summed E-state index contributed by atoms with van der Waals surface area (Å²) < 4.78 is 72.0. The Morgan fingerprint density at radius 1 is 1.00 bits per heavy atom. The molecule has 1 heterocycles. The van der Waals surface area contributed by atoms with Crippen LogP contribution in [0.4, 0.5) is 22.0 Å². The summed E-state index contributed by atoms with van der Waals surface area (Å²) in [5.74, 6) is -6.71. The number of nitrogens with zero attached hydrogens (tertiary/aromatic N) is 3. The number of aliphatic hydroxyl groups is 1. The third-order valence-electron chi connectivity index (χ3n) is 11.8. The number of allylic oxidation sites excluding steroid dienone is 4. The van der Waals surface area contributed by atoms with E-state index in [-0.39, 0.29) is 30.4 Å². The third kappa shape index (κ3) is 5.34. The van der Waals surface area contributed by atoms with Gasteiger partial charge in [-0.3, -0.25) is 14.5 Å². The lowest BCUT2D eigenvalue weighted by atomic mass is 9.50. The fourth-order valence-corrected chi connectivity index (χ4v) is 9.27. The first-order chi connectivity index (χ1) is 21.6. The van der Waals surface area contributed by atoms with E-state index in [0.29, 0.717) is 44.3 Å². The van der Waals surface area contributed by atoms with Crippen molar-refractivity contribution < 1.29 is 36.6 Å².